The molecule has 0 aliphatic carbocycles. The second-order valence-corrected chi connectivity index (χ2v) is 4.89. The van der Waals surface area contributed by atoms with Crippen molar-refractivity contribution in [3.05, 3.63) is 35.4 Å². The molecule has 1 unspecified atom stereocenters. The largest absolute Gasteiger partial charge is 0.396 e. The van der Waals surface area contributed by atoms with Gasteiger partial charge in [0, 0.05) is 19.3 Å². The molecule has 0 radical (unpaired) electrons. The topological polar surface area (TPSA) is 58.6 Å². The van der Waals surface area contributed by atoms with E-state index in [1.807, 2.05) is 0 Å². The number of amides is 1. The van der Waals surface area contributed by atoms with Crippen molar-refractivity contribution in [2.75, 3.05) is 20.3 Å². The minimum atomic E-state index is -0.775. The van der Waals surface area contributed by atoms with Crippen LogP contribution in [0, 0.1) is 11.6 Å². The van der Waals surface area contributed by atoms with Gasteiger partial charge in [-0.05, 0) is 25.5 Å². The van der Waals surface area contributed by atoms with Crippen molar-refractivity contribution in [3.63, 3.8) is 0 Å². The zero-order chi connectivity index (χ0) is 15.2. The van der Waals surface area contributed by atoms with Crippen molar-refractivity contribution in [1.82, 2.24) is 5.32 Å². The quantitative estimate of drug-likeness (QED) is 0.797. The normalized spacial score (nSPS) is 13.8. The van der Waals surface area contributed by atoms with Gasteiger partial charge in [0.2, 0.25) is 5.91 Å². The first-order valence-electron chi connectivity index (χ1n) is 6.25. The Morgan fingerprint density at radius 2 is 2.00 bits per heavy atom. The zero-order valence-corrected chi connectivity index (χ0v) is 11.6. The summed E-state index contributed by atoms with van der Waals surface area (Å²) < 4.78 is 31.9. The lowest BCUT2D eigenvalue weighted by atomic mass is 9.98. The van der Waals surface area contributed by atoms with E-state index in [1.165, 1.54) is 13.2 Å². The van der Waals surface area contributed by atoms with Gasteiger partial charge in [-0.3, -0.25) is 4.79 Å². The fraction of sp³-hybridized carbons (Fsp3) is 0.500. The number of halogens is 2. The molecule has 0 fully saturated rings. The zero-order valence-electron chi connectivity index (χ0n) is 11.6. The van der Waals surface area contributed by atoms with Gasteiger partial charge in [0.25, 0.3) is 0 Å². The Kier molecular flexibility index (Phi) is 6.04. The van der Waals surface area contributed by atoms with Crippen LogP contribution in [0.2, 0.25) is 0 Å². The van der Waals surface area contributed by atoms with Gasteiger partial charge in [-0.15, -0.1) is 0 Å². The highest BCUT2D eigenvalue weighted by atomic mass is 19.1. The fourth-order valence-electron chi connectivity index (χ4n) is 1.98. The molecule has 1 amide bonds. The molecule has 20 heavy (non-hydrogen) atoms. The van der Waals surface area contributed by atoms with E-state index in [0.29, 0.717) is 0 Å². The standard InChI is InChI=1S/C14H19F2NO3/c1-14(6-7-18,9-20-2)17-13(19)8-10-11(15)4-3-5-12(10)16/h3-5,18H,6-9H2,1-2H3,(H,17,19). The highest BCUT2D eigenvalue weighted by Gasteiger charge is 2.26. The maximum atomic E-state index is 13.5. The minimum absolute atomic E-state index is 0.131. The van der Waals surface area contributed by atoms with Gasteiger partial charge >= 0.3 is 0 Å². The number of hydrogen-bond donors (Lipinski definition) is 2. The van der Waals surface area contributed by atoms with Crippen molar-refractivity contribution in [1.29, 1.82) is 0 Å². The number of rotatable bonds is 7. The van der Waals surface area contributed by atoms with E-state index >= 15 is 0 Å². The molecule has 1 atom stereocenters. The summed E-state index contributed by atoms with van der Waals surface area (Å²) >= 11 is 0. The molecule has 0 saturated heterocycles. The van der Waals surface area contributed by atoms with Crippen LogP contribution < -0.4 is 5.32 Å². The van der Waals surface area contributed by atoms with E-state index in [9.17, 15) is 13.6 Å². The van der Waals surface area contributed by atoms with E-state index < -0.39 is 29.5 Å². The molecule has 0 aromatic heterocycles. The number of carbonyl (C=O) groups excluding carboxylic acids is 1. The second kappa shape index (κ2) is 7.31. The molecule has 112 valence electrons. The smallest absolute Gasteiger partial charge is 0.225 e. The van der Waals surface area contributed by atoms with Gasteiger partial charge in [-0.25, -0.2) is 8.78 Å². The average molecular weight is 287 g/mol. The lowest BCUT2D eigenvalue weighted by molar-refractivity contribution is -0.123. The van der Waals surface area contributed by atoms with Gasteiger partial charge in [0.15, 0.2) is 0 Å². The van der Waals surface area contributed by atoms with Gasteiger partial charge in [-0.2, -0.15) is 0 Å². The monoisotopic (exact) mass is 287 g/mol. The summed E-state index contributed by atoms with van der Waals surface area (Å²) in [6.45, 7) is 1.76. The van der Waals surface area contributed by atoms with E-state index in [-0.39, 0.29) is 25.2 Å². The molecule has 6 heteroatoms. The minimum Gasteiger partial charge on any atom is -0.396 e. The first-order chi connectivity index (χ1) is 9.41. The highest BCUT2D eigenvalue weighted by Crippen LogP contribution is 2.14. The van der Waals surface area contributed by atoms with Crippen molar-refractivity contribution < 1.29 is 23.4 Å². The summed E-state index contributed by atoms with van der Waals surface area (Å²) in [6, 6.07) is 3.45. The molecule has 0 heterocycles. The summed E-state index contributed by atoms with van der Waals surface area (Å²) in [5.74, 6) is -2.03. The number of carbonyl (C=O) groups is 1. The molecule has 0 aliphatic rings. The Labute approximate surface area is 116 Å². The third kappa shape index (κ3) is 4.54. The molecule has 0 aliphatic heterocycles. The van der Waals surface area contributed by atoms with Crippen LogP contribution in [0.15, 0.2) is 18.2 Å². The van der Waals surface area contributed by atoms with Crippen molar-refractivity contribution in [2.45, 2.75) is 25.3 Å². The van der Waals surface area contributed by atoms with Crippen LogP contribution in [-0.4, -0.2) is 36.9 Å². The number of benzene rings is 1. The molecule has 2 N–H and O–H groups in total. The lowest BCUT2D eigenvalue weighted by Crippen LogP contribution is -2.50. The lowest BCUT2D eigenvalue weighted by Gasteiger charge is -2.29. The number of hydrogen-bond acceptors (Lipinski definition) is 3. The summed E-state index contributed by atoms with van der Waals surface area (Å²) in [5.41, 5.74) is -1.05. The molecular weight excluding hydrogens is 268 g/mol. The number of nitrogens with one attached hydrogen (secondary N) is 1. The SMILES string of the molecule is COCC(C)(CCO)NC(=O)Cc1c(F)cccc1F. The molecule has 0 bridgehead atoms. The Bertz CT molecular complexity index is 439. The van der Waals surface area contributed by atoms with Gasteiger partial charge < -0.3 is 15.2 Å². The molecule has 0 saturated carbocycles. The predicted octanol–water partition coefficient (Wildman–Crippen LogP) is 1.41. The van der Waals surface area contributed by atoms with Crippen molar-refractivity contribution in [2.24, 2.45) is 0 Å². The van der Waals surface area contributed by atoms with Crippen LogP contribution in [0.25, 0.3) is 0 Å². The second-order valence-electron chi connectivity index (χ2n) is 4.89. The number of aliphatic hydroxyl groups excluding tert-OH is 1. The van der Waals surface area contributed by atoms with E-state index in [1.54, 1.807) is 6.92 Å². The van der Waals surface area contributed by atoms with Gasteiger partial charge in [-0.1, -0.05) is 6.07 Å². The molecular formula is C14H19F2NO3. The third-order valence-electron chi connectivity index (χ3n) is 2.97. The molecule has 1 rings (SSSR count). The van der Waals surface area contributed by atoms with Crippen molar-refractivity contribution in [3.8, 4) is 0 Å². The predicted molar refractivity (Wildman–Crippen MR) is 70.2 cm³/mol. The summed E-state index contributed by atoms with van der Waals surface area (Å²) in [7, 11) is 1.47. The Hall–Kier alpha value is -1.53. The van der Waals surface area contributed by atoms with Crippen LogP contribution >= 0.6 is 0 Å². The highest BCUT2D eigenvalue weighted by molar-refractivity contribution is 5.79. The maximum Gasteiger partial charge on any atom is 0.225 e. The van der Waals surface area contributed by atoms with Gasteiger partial charge in [0.05, 0.1) is 18.6 Å². The van der Waals surface area contributed by atoms with Crippen LogP contribution in [0.5, 0.6) is 0 Å². The summed E-state index contributed by atoms with van der Waals surface area (Å²) in [6.07, 6.45) is -0.116. The van der Waals surface area contributed by atoms with Crippen LogP contribution in [0.1, 0.15) is 18.9 Å². The van der Waals surface area contributed by atoms with Gasteiger partial charge in [0.1, 0.15) is 11.6 Å². The maximum absolute atomic E-state index is 13.5. The Morgan fingerprint density at radius 3 is 2.50 bits per heavy atom. The van der Waals surface area contributed by atoms with E-state index in [4.69, 9.17) is 9.84 Å². The fourth-order valence-corrected chi connectivity index (χ4v) is 1.98. The third-order valence-corrected chi connectivity index (χ3v) is 2.97. The summed E-state index contributed by atoms with van der Waals surface area (Å²) in [4.78, 5) is 11.9. The first kappa shape index (κ1) is 16.5. The van der Waals surface area contributed by atoms with Crippen LogP contribution in [-0.2, 0) is 16.0 Å². The molecule has 1 aromatic rings. The Morgan fingerprint density at radius 1 is 1.40 bits per heavy atom. The molecule has 1 aromatic carbocycles. The molecule has 4 nitrogen and oxygen atoms in total. The number of methoxy groups -OCH3 is 1. The average Bonchev–Trinajstić information content (AvgIpc) is 2.34. The van der Waals surface area contributed by atoms with E-state index in [2.05, 4.69) is 5.32 Å². The Balaban J connectivity index is 2.76. The summed E-state index contributed by atoms with van der Waals surface area (Å²) in [5, 5.41) is 11.6. The van der Waals surface area contributed by atoms with Crippen LogP contribution in [0.3, 0.4) is 0 Å². The van der Waals surface area contributed by atoms with Crippen molar-refractivity contribution >= 4 is 5.91 Å². The molecule has 0 spiro atoms. The van der Waals surface area contributed by atoms with Crippen LogP contribution in [0.4, 0.5) is 8.78 Å². The number of ether oxygens (including phenoxy) is 1. The number of aliphatic hydroxyl groups is 1. The first-order valence-corrected chi connectivity index (χ1v) is 6.25. The van der Waals surface area contributed by atoms with E-state index in [0.717, 1.165) is 12.1 Å².